The number of rotatable bonds is 8. The topological polar surface area (TPSA) is 142 Å². The molecule has 1 amide bonds. The lowest BCUT2D eigenvalue weighted by atomic mass is 9.70. The van der Waals surface area contributed by atoms with Crippen LogP contribution in [0.1, 0.15) is 28.8 Å². The molecule has 3 aromatic heterocycles. The highest BCUT2D eigenvalue weighted by atomic mass is 16.5. The first-order valence-corrected chi connectivity index (χ1v) is 16.3. The summed E-state index contributed by atoms with van der Waals surface area (Å²) in [5.41, 5.74) is 14.1. The lowest BCUT2D eigenvalue weighted by Gasteiger charge is -2.23. The van der Waals surface area contributed by atoms with E-state index in [1.165, 1.54) is 8.05 Å². The molecule has 0 atom stereocenters. The molecule has 1 aliphatic heterocycles. The van der Waals surface area contributed by atoms with Crippen LogP contribution in [0.2, 0.25) is 0 Å². The van der Waals surface area contributed by atoms with Crippen molar-refractivity contribution in [1.29, 1.82) is 0 Å². The number of amides is 1. The van der Waals surface area contributed by atoms with Crippen LogP contribution in [0.3, 0.4) is 0 Å². The molecule has 1 aliphatic rings. The average molecular weight is 651 g/mol. The van der Waals surface area contributed by atoms with Gasteiger partial charge in [-0.25, -0.2) is 4.98 Å². The number of pyridine rings is 3. The van der Waals surface area contributed by atoms with Gasteiger partial charge < -0.3 is 30.1 Å². The Morgan fingerprint density at radius 3 is 2.41 bits per heavy atom. The van der Waals surface area contributed by atoms with Gasteiger partial charge in [-0.1, -0.05) is 23.7 Å². The maximum absolute atomic E-state index is 13.7. The number of nitrogen functional groups attached to an aromatic ring is 1. The predicted molar refractivity (Wildman–Crippen MR) is 205 cm³/mol. The fourth-order valence-electron chi connectivity index (χ4n) is 6.50. The van der Waals surface area contributed by atoms with Gasteiger partial charge in [0, 0.05) is 55.8 Å². The number of aromatic nitrogens is 3. The van der Waals surface area contributed by atoms with E-state index >= 15 is 0 Å². The van der Waals surface area contributed by atoms with Crippen LogP contribution in [0.15, 0.2) is 72.0 Å². The Kier molecular flexibility index (Phi) is 9.69. The van der Waals surface area contributed by atoms with Crippen LogP contribution in [-0.2, 0) is 11.3 Å². The zero-order valence-corrected chi connectivity index (χ0v) is 28.5. The summed E-state index contributed by atoms with van der Waals surface area (Å²) in [5, 5.41) is 13.5. The van der Waals surface area contributed by atoms with Gasteiger partial charge in [0.05, 0.1) is 11.3 Å². The van der Waals surface area contributed by atoms with Crippen LogP contribution >= 0.6 is 0 Å². The Bertz CT molecular complexity index is 2100. The zero-order valence-electron chi connectivity index (χ0n) is 28.5. The Labute approximate surface area is 288 Å². The first-order chi connectivity index (χ1) is 23.5. The second kappa shape index (κ2) is 14.1. The molecule has 0 bridgehead atoms. The maximum Gasteiger partial charge on any atom is 0.322 e. The molecule has 6 rings (SSSR count). The van der Waals surface area contributed by atoms with Crippen molar-refractivity contribution in [2.75, 3.05) is 24.3 Å². The van der Waals surface area contributed by atoms with Crippen molar-refractivity contribution in [3.05, 3.63) is 88.6 Å². The molecule has 49 heavy (non-hydrogen) atoms. The molecule has 0 spiro atoms. The summed E-state index contributed by atoms with van der Waals surface area (Å²) >= 11 is 0. The number of aromatic hydroxyl groups is 1. The highest BCUT2D eigenvalue weighted by Gasteiger charge is 2.21. The summed E-state index contributed by atoms with van der Waals surface area (Å²) in [4.78, 5) is 36.3. The lowest BCUT2D eigenvalue weighted by molar-refractivity contribution is 0.0612. The highest BCUT2D eigenvalue weighted by Crippen LogP contribution is 2.31. The molecule has 244 valence electrons. The van der Waals surface area contributed by atoms with Crippen molar-refractivity contribution >= 4 is 65.4 Å². The minimum absolute atomic E-state index is 0.0440. The zero-order chi connectivity index (χ0) is 34.8. The van der Waals surface area contributed by atoms with Crippen molar-refractivity contribution in [2.24, 2.45) is 5.92 Å². The Morgan fingerprint density at radius 2 is 1.73 bits per heavy atom. The fourth-order valence-corrected chi connectivity index (χ4v) is 6.50. The molecule has 5 aromatic rings. The van der Waals surface area contributed by atoms with Crippen molar-refractivity contribution < 1.29 is 19.3 Å². The summed E-state index contributed by atoms with van der Waals surface area (Å²) in [6.45, 7) is 4.02. The number of nitrogens with two attached hydrogens (primary N) is 1. The number of hydrogen-bond donors (Lipinski definition) is 3. The number of carbonyl (C=O) groups is 1. The molecule has 1 saturated heterocycles. The molecule has 2 aromatic carbocycles. The van der Waals surface area contributed by atoms with Gasteiger partial charge >= 0.3 is 8.05 Å². The van der Waals surface area contributed by atoms with Crippen LogP contribution in [0, 0.1) is 12.8 Å². The predicted octanol–water partition coefficient (Wildman–Crippen LogP) is -0.383. The number of nitrogens with zero attached hydrogens (tertiary/aromatic N) is 3. The quantitative estimate of drug-likeness (QED) is 0.193. The minimum atomic E-state index is -0.502. The third kappa shape index (κ3) is 6.87. The van der Waals surface area contributed by atoms with Crippen molar-refractivity contribution in [3.8, 4) is 45.0 Å². The molecule has 0 unspecified atom stereocenters. The second-order valence-corrected chi connectivity index (χ2v) is 12.7. The van der Waals surface area contributed by atoms with Crippen molar-refractivity contribution in [1.82, 2.24) is 14.5 Å². The molecular weight excluding hydrogens is 614 g/mol. The van der Waals surface area contributed by atoms with Gasteiger partial charge in [-0.3, -0.25) is 14.6 Å². The molecule has 10 nitrogen and oxygen atoms in total. The fraction of sp³-hybridized carbons (Fsp3) is 0.200. The molecule has 0 aliphatic carbocycles. The molecule has 1 fully saturated rings. The summed E-state index contributed by atoms with van der Waals surface area (Å²) < 4.78 is 13.0. The highest BCUT2D eigenvalue weighted by molar-refractivity contribution is 6.56. The average Bonchev–Trinajstić information content (AvgIpc) is 3.10. The van der Waals surface area contributed by atoms with E-state index < -0.39 is 5.91 Å². The van der Waals surface area contributed by atoms with Gasteiger partial charge in [-0.05, 0) is 83.1 Å². The number of nitrogens with one attached hydrogen (secondary N) is 1. The Morgan fingerprint density at radius 1 is 1.00 bits per heavy atom. The molecular formula is C35H37B4N5O5. The second-order valence-electron chi connectivity index (χ2n) is 12.7. The number of phenolic OH excluding ortho intramolecular Hbond substituents is 1. The van der Waals surface area contributed by atoms with Crippen LogP contribution in [0.5, 0.6) is 11.5 Å². The first kappa shape index (κ1) is 33.7. The molecule has 0 radical (unpaired) electrons. The van der Waals surface area contributed by atoms with E-state index in [0.717, 1.165) is 51.5 Å². The molecule has 0 saturated carbocycles. The van der Waals surface area contributed by atoms with Crippen LogP contribution < -0.4 is 37.5 Å². The summed E-state index contributed by atoms with van der Waals surface area (Å²) in [6, 6.07) is 12.9. The largest absolute Gasteiger partial charge is 0.566 e. The van der Waals surface area contributed by atoms with Gasteiger partial charge in [-0.15, -0.1) is 0 Å². The summed E-state index contributed by atoms with van der Waals surface area (Å²) in [7, 11) is 7.25. The van der Waals surface area contributed by atoms with E-state index in [1.54, 1.807) is 36.9 Å². The number of anilines is 2. The van der Waals surface area contributed by atoms with Crippen molar-refractivity contribution in [2.45, 2.75) is 26.3 Å². The number of ether oxygens (including phenoxy) is 1. The van der Waals surface area contributed by atoms with Crippen LogP contribution in [0.25, 0.3) is 33.5 Å². The van der Waals surface area contributed by atoms with E-state index in [9.17, 15) is 14.7 Å². The maximum atomic E-state index is 13.7. The minimum Gasteiger partial charge on any atom is -0.566 e. The molecule has 4 heterocycles. The number of phenols is 1. The van der Waals surface area contributed by atoms with Gasteiger partial charge in [0.2, 0.25) is 5.43 Å². The SMILES string of the molecule is BOc1c(B)c(-c2cnc(N)c(-c3ccc(NC(=O)c4cn(CC5CCOCC5)cc(-c5ccc(C)cn5)c4=O)cc3)c2)c(B)c(B)c1O. The third-order valence-corrected chi connectivity index (χ3v) is 9.41. The number of carbonyl (C=O) groups excluding carboxylic acids is 1. The summed E-state index contributed by atoms with van der Waals surface area (Å²) in [5.74, 6) is 0.780. The van der Waals surface area contributed by atoms with E-state index in [1.807, 2.05) is 65.4 Å². The lowest BCUT2D eigenvalue weighted by Crippen LogP contribution is -2.34. The standard InChI is InChI=1S/C35H37B4N5O5/c1-18-2-7-26(41-13-18)24-16-44(15-19-8-10-48-11-9-19)17-25(31(24)45)35(47)43-22-5-3-20(4-6-22)23-12-21(14-42-34(23)40)27-28(36)30(38)32(46)33(49-39)29(27)37/h2-7,12-14,16-17,19,46H,8-11,15,36-39H2,1H3,(H2,40,42)(H,43,47). The Balaban J connectivity index is 1.30. The number of hydrogen-bond acceptors (Lipinski definition) is 8. The van der Waals surface area contributed by atoms with Gasteiger partial charge in [-0.2, -0.15) is 0 Å². The van der Waals surface area contributed by atoms with E-state index in [4.69, 9.17) is 15.1 Å². The Hall–Kier alpha value is -5.22. The van der Waals surface area contributed by atoms with Gasteiger partial charge in [0.15, 0.2) is 0 Å². The molecule has 4 N–H and O–H groups in total. The molecule has 14 heteroatoms. The van der Waals surface area contributed by atoms with E-state index in [2.05, 4.69) is 15.3 Å². The monoisotopic (exact) mass is 651 g/mol. The number of benzene rings is 2. The third-order valence-electron chi connectivity index (χ3n) is 9.41. The van der Waals surface area contributed by atoms with E-state index in [0.29, 0.717) is 59.8 Å². The smallest absolute Gasteiger partial charge is 0.322 e. The van der Waals surface area contributed by atoms with Crippen LogP contribution in [0.4, 0.5) is 11.5 Å². The number of aryl methyl sites for hydroxylation is 1. The van der Waals surface area contributed by atoms with Gasteiger partial charge in [0.1, 0.15) is 46.4 Å². The summed E-state index contributed by atoms with van der Waals surface area (Å²) in [6.07, 6.45) is 8.71. The first-order valence-electron chi connectivity index (χ1n) is 16.3. The van der Waals surface area contributed by atoms with Crippen molar-refractivity contribution in [3.63, 3.8) is 0 Å². The normalized spacial score (nSPS) is 13.2. The van der Waals surface area contributed by atoms with E-state index in [-0.39, 0.29) is 16.7 Å². The van der Waals surface area contributed by atoms with Crippen LogP contribution in [-0.4, -0.2) is 70.4 Å². The van der Waals surface area contributed by atoms with Gasteiger partial charge in [0.25, 0.3) is 5.91 Å².